The fourth-order valence-electron chi connectivity index (χ4n) is 2.80. The van der Waals surface area contributed by atoms with Crippen LogP contribution in [0.25, 0.3) is 0 Å². The van der Waals surface area contributed by atoms with Gasteiger partial charge in [-0.1, -0.05) is 29.3 Å². The molecule has 0 atom stereocenters. The molecule has 0 fully saturated rings. The Morgan fingerprint density at radius 3 is 2.31 bits per heavy atom. The Morgan fingerprint density at radius 1 is 1.12 bits per heavy atom. The SMILES string of the molecule is COc1ccc(Cl)cc1NC(=O)CNS(=O)(=O)c1c(C)cc(C)cc1C. The van der Waals surface area contributed by atoms with Gasteiger partial charge < -0.3 is 10.1 Å². The third kappa shape index (κ3) is 4.75. The minimum atomic E-state index is -3.82. The van der Waals surface area contributed by atoms with E-state index in [1.807, 2.05) is 6.92 Å². The van der Waals surface area contributed by atoms with Gasteiger partial charge in [-0.25, -0.2) is 13.1 Å². The van der Waals surface area contributed by atoms with E-state index in [-0.39, 0.29) is 4.90 Å². The smallest absolute Gasteiger partial charge is 0.241 e. The number of carbonyl (C=O) groups excluding carboxylic acids is 1. The fraction of sp³-hybridized carbons (Fsp3) is 0.278. The highest BCUT2D eigenvalue weighted by molar-refractivity contribution is 7.89. The highest BCUT2D eigenvalue weighted by Gasteiger charge is 2.21. The van der Waals surface area contributed by atoms with Gasteiger partial charge in [0, 0.05) is 5.02 Å². The lowest BCUT2D eigenvalue weighted by molar-refractivity contribution is -0.115. The summed E-state index contributed by atoms with van der Waals surface area (Å²) in [5.74, 6) is -0.104. The molecule has 0 aliphatic heterocycles. The maximum Gasteiger partial charge on any atom is 0.241 e. The van der Waals surface area contributed by atoms with E-state index >= 15 is 0 Å². The minimum Gasteiger partial charge on any atom is -0.495 e. The van der Waals surface area contributed by atoms with Crippen molar-refractivity contribution in [3.05, 3.63) is 52.0 Å². The van der Waals surface area contributed by atoms with Crippen molar-refractivity contribution in [2.45, 2.75) is 25.7 Å². The Labute approximate surface area is 158 Å². The van der Waals surface area contributed by atoms with Crippen molar-refractivity contribution in [2.75, 3.05) is 19.0 Å². The van der Waals surface area contributed by atoms with Crippen molar-refractivity contribution in [1.82, 2.24) is 4.72 Å². The topological polar surface area (TPSA) is 84.5 Å². The van der Waals surface area contributed by atoms with E-state index in [9.17, 15) is 13.2 Å². The standard InChI is InChI=1S/C18H21ClN2O4S/c1-11-7-12(2)18(13(3)8-11)26(23,24)20-10-17(22)21-15-9-14(19)5-6-16(15)25-4/h5-9,20H,10H2,1-4H3,(H,21,22). The van der Waals surface area contributed by atoms with E-state index in [2.05, 4.69) is 10.0 Å². The number of benzene rings is 2. The first-order valence-electron chi connectivity index (χ1n) is 7.85. The molecule has 0 aromatic heterocycles. The highest BCUT2D eigenvalue weighted by Crippen LogP contribution is 2.27. The monoisotopic (exact) mass is 396 g/mol. The lowest BCUT2D eigenvalue weighted by atomic mass is 10.1. The zero-order valence-electron chi connectivity index (χ0n) is 15.0. The fourth-order valence-corrected chi connectivity index (χ4v) is 4.40. The molecule has 0 bridgehead atoms. The van der Waals surface area contributed by atoms with Crippen molar-refractivity contribution >= 4 is 33.2 Å². The lowest BCUT2D eigenvalue weighted by Crippen LogP contribution is -2.33. The van der Waals surface area contributed by atoms with Crippen molar-refractivity contribution in [3.8, 4) is 5.75 Å². The maximum absolute atomic E-state index is 12.6. The molecule has 8 heteroatoms. The summed E-state index contributed by atoms with van der Waals surface area (Å²) in [6.45, 7) is 4.94. The van der Waals surface area contributed by atoms with E-state index in [0.717, 1.165) is 5.56 Å². The predicted molar refractivity (Wildman–Crippen MR) is 102 cm³/mol. The number of anilines is 1. The molecule has 0 aliphatic carbocycles. The quantitative estimate of drug-likeness (QED) is 0.785. The summed E-state index contributed by atoms with van der Waals surface area (Å²) in [7, 11) is -2.35. The number of hydrogen-bond donors (Lipinski definition) is 2. The maximum atomic E-state index is 12.6. The number of carbonyl (C=O) groups is 1. The lowest BCUT2D eigenvalue weighted by Gasteiger charge is -2.14. The van der Waals surface area contributed by atoms with E-state index in [1.54, 1.807) is 38.1 Å². The van der Waals surface area contributed by atoms with Crippen LogP contribution < -0.4 is 14.8 Å². The Hall–Kier alpha value is -2.09. The van der Waals surface area contributed by atoms with Crippen LogP contribution >= 0.6 is 11.6 Å². The summed E-state index contributed by atoms with van der Waals surface area (Å²) in [6, 6.07) is 8.35. The second-order valence-corrected chi connectivity index (χ2v) is 8.09. The van der Waals surface area contributed by atoms with Crippen LogP contribution in [0.1, 0.15) is 16.7 Å². The van der Waals surface area contributed by atoms with Crippen LogP contribution in [-0.4, -0.2) is 28.0 Å². The van der Waals surface area contributed by atoms with Crippen molar-refractivity contribution in [1.29, 1.82) is 0 Å². The average molecular weight is 397 g/mol. The van der Waals surface area contributed by atoms with Crippen LogP contribution in [0.5, 0.6) is 5.75 Å². The van der Waals surface area contributed by atoms with Gasteiger partial charge in [-0.3, -0.25) is 4.79 Å². The van der Waals surface area contributed by atoms with Gasteiger partial charge in [-0.05, 0) is 50.1 Å². The molecule has 0 spiro atoms. The molecule has 2 aromatic carbocycles. The van der Waals surface area contributed by atoms with Crippen molar-refractivity contribution in [3.63, 3.8) is 0 Å². The van der Waals surface area contributed by atoms with E-state index < -0.39 is 22.5 Å². The molecule has 0 unspecified atom stereocenters. The summed E-state index contributed by atoms with van der Waals surface area (Å²) in [5.41, 5.74) is 2.61. The Morgan fingerprint density at radius 2 is 1.73 bits per heavy atom. The van der Waals surface area contributed by atoms with Gasteiger partial charge >= 0.3 is 0 Å². The Bertz CT molecular complexity index is 919. The molecule has 0 saturated carbocycles. The van der Waals surface area contributed by atoms with Gasteiger partial charge in [0.25, 0.3) is 0 Å². The number of ether oxygens (including phenoxy) is 1. The number of aryl methyl sites for hydroxylation is 3. The van der Waals surface area contributed by atoms with E-state index in [0.29, 0.717) is 27.6 Å². The molecule has 0 aliphatic rings. The van der Waals surface area contributed by atoms with Crippen molar-refractivity contribution in [2.24, 2.45) is 0 Å². The average Bonchev–Trinajstić information content (AvgIpc) is 2.52. The minimum absolute atomic E-state index is 0.191. The first-order chi connectivity index (χ1) is 12.1. The number of hydrogen-bond acceptors (Lipinski definition) is 4. The zero-order chi connectivity index (χ0) is 19.5. The van der Waals surface area contributed by atoms with Crippen LogP contribution in [0.4, 0.5) is 5.69 Å². The molecule has 2 aromatic rings. The van der Waals surface area contributed by atoms with Crippen LogP contribution in [0, 0.1) is 20.8 Å². The summed E-state index contributed by atoms with van der Waals surface area (Å²) >= 11 is 5.92. The van der Waals surface area contributed by atoms with Gasteiger partial charge in [0.15, 0.2) is 0 Å². The van der Waals surface area contributed by atoms with Crippen LogP contribution in [-0.2, 0) is 14.8 Å². The molecule has 6 nitrogen and oxygen atoms in total. The molecule has 2 rings (SSSR count). The number of amides is 1. The van der Waals surface area contributed by atoms with Crippen molar-refractivity contribution < 1.29 is 17.9 Å². The second-order valence-electron chi connectivity index (χ2n) is 5.95. The van der Waals surface area contributed by atoms with Gasteiger partial charge in [-0.2, -0.15) is 0 Å². The number of sulfonamides is 1. The van der Waals surface area contributed by atoms with Gasteiger partial charge in [0.05, 0.1) is 24.2 Å². The molecular weight excluding hydrogens is 376 g/mol. The second kappa shape index (κ2) is 8.07. The van der Waals surface area contributed by atoms with Gasteiger partial charge in [0.1, 0.15) is 5.75 Å². The third-order valence-corrected chi connectivity index (χ3v) is 5.67. The molecule has 26 heavy (non-hydrogen) atoms. The molecule has 0 saturated heterocycles. The summed E-state index contributed by atoms with van der Waals surface area (Å²) in [6.07, 6.45) is 0. The molecule has 1 amide bonds. The van der Waals surface area contributed by atoms with E-state index in [4.69, 9.17) is 16.3 Å². The number of halogens is 1. The number of rotatable bonds is 6. The number of methoxy groups -OCH3 is 1. The normalized spacial score (nSPS) is 11.3. The first kappa shape index (κ1) is 20.2. The first-order valence-corrected chi connectivity index (χ1v) is 9.71. The van der Waals surface area contributed by atoms with Gasteiger partial charge in [0.2, 0.25) is 15.9 Å². The Balaban J connectivity index is 2.13. The molecule has 0 heterocycles. The summed E-state index contributed by atoms with van der Waals surface area (Å²) < 4.78 is 32.6. The Kier molecular flexibility index (Phi) is 6.28. The molecule has 2 N–H and O–H groups in total. The summed E-state index contributed by atoms with van der Waals surface area (Å²) in [4.78, 5) is 12.3. The highest BCUT2D eigenvalue weighted by atomic mass is 35.5. The van der Waals surface area contributed by atoms with Crippen LogP contribution in [0.15, 0.2) is 35.2 Å². The molecular formula is C18H21ClN2O4S. The third-order valence-electron chi connectivity index (χ3n) is 3.73. The van der Waals surface area contributed by atoms with Crippen LogP contribution in [0.3, 0.4) is 0 Å². The van der Waals surface area contributed by atoms with Crippen LogP contribution in [0.2, 0.25) is 5.02 Å². The summed E-state index contributed by atoms with van der Waals surface area (Å²) in [5, 5.41) is 3.01. The van der Waals surface area contributed by atoms with E-state index in [1.165, 1.54) is 13.2 Å². The largest absolute Gasteiger partial charge is 0.495 e. The number of nitrogens with one attached hydrogen (secondary N) is 2. The van der Waals surface area contributed by atoms with Gasteiger partial charge in [-0.15, -0.1) is 0 Å². The zero-order valence-corrected chi connectivity index (χ0v) is 16.6. The molecule has 140 valence electrons. The predicted octanol–water partition coefficient (Wildman–Crippen LogP) is 3.19. The molecule has 0 radical (unpaired) electrons.